The van der Waals surface area contributed by atoms with E-state index in [1.54, 1.807) is 0 Å². The monoisotopic (exact) mass is 280 g/mol. The highest BCUT2D eigenvalue weighted by Gasteiger charge is 2.61. The normalized spacial score (nSPS) is 44.1. The molecule has 1 saturated heterocycles. The summed E-state index contributed by atoms with van der Waals surface area (Å²) in [6.07, 6.45) is 1.26. The largest absolute Gasteiger partial charge is 0.512 e. The molecule has 0 amide bonds. The third-order valence-electron chi connectivity index (χ3n) is 5.30. The van der Waals surface area contributed by atoms with Crippen molar-refractivity contribution < 1.29 is 24.9 Å². The van der Waals surface area contributed by atoms with Gasteiger partial charge in [-0.3, -0.25) is 0 Å². The molecular weight excluding hydrogens is 260 g/mol. The Balaban J connectivity index is 2.04. The highest BCUT2D eigenvalue weighted by atomic mass is 16.6. The third kappa shape index (κ3) is 1.59. The van der Waals surface area contributed by atoms with E-state index in [1.807, 2.05) is 6.92 Å². The molecule has 3 aliphatic rings. The van der Waals surface area contributed by atoms with E-state index >= 15 is 0 Å². The lowest BCUT2D eigenvalue weighted by molar-refractivity contribution is -0.159. The molecule has 0 aromatic rings. The number of fused-ring (bicyclic) bond motifs is 3. The molecule has 2 aliphatic carbocycles. The van der Waals surface area contributed by atoms with Crippen molar-refractivity contribution in [3.63, 3.8) is 0 Å². The minimum absolute atomic E-state index is 0.0545. The first kappa shape index (κ1) is 13.6. The molecule has 0 radical (unpaired) electrons. The number of aliphatic hydroxyl groups excluding tert-OH is 2. The summed E-state index contributed by atoms with van der Waals surface area (Å²) in [6, 6.07) is 0. The number of ether oxygens (including phenoxy) is 1. The first-order chi connectivity index (χ1) is 9.40. The molecule has 5 atom stereocenters. The number of allylic oxidation sites excluding steroid dienone is 2. The van der Waals surface area contributed by atoms with E-state index < -0.39 is 30.2 Å². The molecule has 3 N–H and O–H groups in total. The summed E-state index contributed by atoms with van der Waals surface area (Å²) in [7, 11) is 0. The summed E-state index contributed by atoms with van der Waals surface area (Å²) in [5.74, 6) is -0.955. The maximum absolute atomic E-state index is 11.9. The lowest BCUT2D eigenvalue weighted by atomic mass is 9.77. The highest BCUT2D eigenvalue weighted by Crippen LogP contribution is 2.52. The SMILES string of the molecule is C=C1CC[C@@H]2[C@H](OC(=O)[C@]2(O)CO)[C@H]2C(C)=C(O)C[C@@H]12. The van der Waals surface area contributed by atoms with Gasteiger partial charge in [0.25, 0.3) is 0 Å². The molecule has 5 heteroatoms. The van der Waals surface area contributed by atoms with Crippen LogP contribution in [0.5, 0.6) is 0 Å². The molecule has 5 nitrogen and oxygen atoms in total. The van der Waals surface area contributed by atoms with Crippen LogP contribution in [0.25, 0.3) is 0 Å². The predicted octanol–water partition coefficient (Wildman–Crippen LogP) is 1.07. The molecule has 1 heterocycles. The van der Waals surface area contributed by atoms with Gasteiger partial charge in [-0.2, -0.15) is 0 Å². The predicted molar refractivity (Wildman–Crippen MR) is 70.7 cm³/mol. The second-order valence-corrected chi connectivity index (χ2v) is 6.22. The third-order valence-corrected chi connectivity index (χ3v) is 5.30. The molecule has 20 heavy (non-hydrogen) atoms. The van der Waals surface area contributed by atoms with Gasteiger partial charge < -0.3 is 20.1 Å². The molecule has 3 rings (SSSR count). The van der Waals surface area contributed by atoms with Crippen LogP contribution in [0.1, 0.15) is 26.2 Å². The van der Waals surface area contributed by atoms with Crippen LogP contribution in [0.3, 0.4) is 0 Å². The van der Waals surface area contributed by atoms with Gasteiger partial charge in [-0.15, -0.1) is 0 Å². The fraction of sp³-hybridized carbons (Fsp3) is 0.667. The van der Waals surface area contributed by atoms with Crippen LogP contribution >= 0.6 is 0 Å². The van der Waals surface area contributed by atoms with Crippen LogP contribution < -0.4 is 0 Å². The standard InChI is InChI=1S/C15H20O5/c1-7-3-4-10-13(20-14(18)15(10,19)6-16)12-8(2)11(17)5-9(7)12/h9-10,12-13,16-17,19H,1,3-6H2,2H3/t9-,10+,12-,13-,15-/m0/s1. The van der Waals surface area contributed by atoms with Gasteiger partial charge in [0, 0.05) is 18.3 Å². The van der Waals surface area contributed by atoms with E-state index in [2.05, 4.69) is 6.58 Å². The number of carbonyl (C=O) groups is 1. The smallest absolute Gasteiger partial charge is 0.341 e. The van der Waals surface area contributed by atoms with Crippen LogP contribution in [0.15, 0.2) is 23.5 Å². The summed E-state index contributed by atoms with van der Waals surface area (Å²) in [4.78, 5) is 11.9. The Morgan fingerprint density at radius 2 is 2.20 bits per heavy atom. The van der Waals surface area contributed by atoms with Crippen LogP contribution in [0, 0.1) is 17.8 Å². The first-order valence-electron chi connectivity index (χ1n) is 7.00. The second kappa shape index (κ2) is 4.33. The van der Waals surface area contributed by atoms with Crippen molar-refractivity contribution in [3.05, 3.63) is 23.5 Å². The second-order valence-electron chi connectivity index (χ2n) is 6.22. The molecule has 0 aromatic heterocycles. The van der Waals surface area contributed by atoms with Crippen LogP contribution in [0.2, 0.25) is 0 Å². The van der Waals surface area contributed by atoms with E-state index in [9.17, 15) is 20.1 Å². The van der Waals surface area contributed by atoms with Gasteiger partial charge in [0.15, 0.2) is 5.60 Å². The Morgan fingerprint density at radius 3 is 2.85 bits per heavy atom. The number of rotatable bonds is 1. The minimum atomic E-state index is -1.82. The zero-order valence-corrected chi connectivity index (χ0v) is 11.5. The fourth-order valence-corrected chi connectivity index (χ4v) is 4.03. The van der Waals surface area contributed by atoms with Gasteiger partial charge in [0.2, 0.25) is 0 Å². The van der Waals surface area contributed by atoms with Crippen molar-refractivity contribution in [2.45, 2.75) is 37.9 Å². The van der Waals surface area contributed by atoms with E-state index in [-0.39, 0.29) is 11.8 Å². The Kier molecular flexibility index (Phi) is 2.95. The maximum atomic E-state index is 11.9. The lowest BCUT2D eigenvalue weighted by Crippen LogP contribution is -2.46. The Labute approximate surface area is 117 Å². The topological polar surface area (TPSA) is 87.0 Å². The number of hydrogen-bond donors (Lipinski definition) is 3. The van der Waals surface area contributed by atoms with Gasteiger partial charge >= 0.3 is 5.97 Å². The van der Waals surface area contributed by atoms with Crippen molar-refractivity contribution in [2.24, 2.45) is 17.8 Å². The molecule has 0 aromatic carbocycles. The van der Waals surface area contributed by atoms with E-state index in [0.29, 0.717) is 25.0 Å². The number of hydrogen-bond acceptors (Lipinski definition) is 5. The number of aliphatic hydroxyl groups is 3. The van der Waals surface area contributed by atoms with Gasteiger partial charge in [-0.1, -0.05) is 12.2 Å². The Hall–Kier alpha value is -1.33. The van der Waals surface area contributed by atoms with Crippen molar-refractivity contribution in [1.82, 2.24) is 0 Å². The number of esters is 1. The molecule has 1 saturated carbocycles. The highest BCUT2D eigenvalue weighted by molar-refractivity contribution is 5.82. The molecule has 0 unspecified atom stereocenters. The van der Waals surface area contributed by atoms with Crippen LogP contribution in [-0.2, 0) is 9.53 Å². The maximum Gasteiger partial charge on any atom is 0.341 e. The summed E-state index contributed by atoms with van der Waals surface area (Å²) >= 11 is 0. The van der Waals surface area contributed by atoms with Gasteiger partial charge in [-0.25, -0.2) is 4.79 Å². The zero-order valence-electron chi connectivity index (χ0n) is 11.5. The van der Waals surface area contributed by atoms with Gasteiger partial charge in [0.1, 0.15) is 6.10 Å². The average molecular weight is 280 g/mol. The first-order valence-corrected chi connectivity index (χ1v) is 7.00. The quantitative estimate of drug-likeness (QED) is 0.494. The molecule has 1 aliphatic heterocycles. The van der Waals surface area contributed by atoms with E-state index in [1.165, 1.54) is 0 Å². The van der Waals surface area contributed by atoms with Crippen molar-refractivity contribution >= 4 is 5.97 Å². The fourth-order valence-electron chi connectivity index (χ4n) is 4.03. The summed E-state index contributed by atoms with van der Waals surface area (Å²) in [6.45, 7) is 5.28. The van der Waals surface area contributed by atoms with Gasteiger partial charge in [0.05, 0.1) is 12.4 Å². The Morgan fingerprint density at radius 1 is 1.50 bits per heavy atom. The van der Waals surface area contributed by atoms with Crippen molar-refractivity contribution in [1.29, 1.82) is 0 Å². The molecule has 0 bridgehead atoms. The summed E-state index contributed by atoms with van der Waals surface area (Å²) < 4.78 is 5.40. The van der Waals surface area contributed by atoms with Crippen LogP contribution in [0.4, 0.5) is 0 Å². The van der Waals surface area contributed by atoms with Gasteiger partial charge in [-0.05, 0) is 31.3 Å². The molecular formula is C15H20O5. The summed E-state index contributed by atoms with van der Waals surface area (Å²) in [5.41, 5.74) is 0.00499. The van der Waals surface area contributed by atoms with E-state index in [0.717, 1.165) is 11.1 Å². The molecule has 2 fully saturated rings. The molecule has 110 valence electrons. The minimum Gasteiger partial charge on any atom is -0.512 e. The summed E-state index contributed by atoms with van der Waals surface area (Å²) in [5, 5.41) is 29.8. The van der Waals surface area contributed by atoms with Crippen molar-refractivity contribution in [3.8, 4) is 0 Å². The van der Waals surface area contributed by atoms with Crippen molar-refractivity contribution in [2.75, 3.05) is 6.61 Å². The Bertz CT molecular complexity index is 508. The lowest BCUT2D eigenvalue weighted by Gasteiger charge is -2.28. The van der Waals surface area contributed by atoms with E-state index in [4.69, 9.17) is 4.74 Å². The average Bonchev–Trinajstić information content (AvgIpc) is 2.79. The number of carbonyl (C=O) groups excluding carboxylic acids is 1. The molecule has 0 spiro atoms. The zero-order chi connectivity index (χ0) is 14.7. The van der Waals surface area contributed by atoms with Crippen LogP contribution in [-0.4, -0.2) is 39.6 Å².